The first kappa shape index (κ1) is 9.60. The summed E-state index contributed by atoms with van der Waals surface area (Å²) in [5.41, 5.74) is 5.96. The van der Waals surface area contributed by atoms with Crippen molar-refractivity contribution < 1.29 is 4.92 Å². The molecule has 2 rings (SSSR count). The quantitative estimate of drug-likeness (QED) is 0.623. The largest absolute Gasteiger partial charge is 0.378 e. The molecule has 0 bridgehead atoms. The second kappa shape index (κ2) is 3.66. The van der Waals surface area contributed by atoms with Gasteiger partial charge in [0.25, 0.3) is 0 Å². The third-order valence-corrected chi connectivity index (χ3v) is 2.82. The highest BCUT2D eigenvalue weighted by molar-refractivity contribution is 7.13. The molecule has 2 N–H and O–H groups in total. The molecule has 76 valence electrons. The number of hydrogen-bond acceptors (Lipinski definition) is 5. The Morgan fingerprint density at radius 3 is 2.93 bits per heavy atom. The zero-order valence-corrected chi connectivity index (χ0v) is 8.40. The van der Waals surface area contributed by atoms with Gasteiger partial charge in [0.15, 0.2) is 0 Å². The van der Waals surface area contributed by atoms with Crippen LogP contribution in [0.15, 0.2) is 29.8 Å². The molecule has 0 spiro atoms. The highest BCUT2D eigenvalue weighted by atomic mass is 32.1. The number of hydrogen-bond donors (Lipinski definition) is 1. The summed E-state index contributed by atoms with van der Waals surface area (Å²) in [7, 11) is 0. The molecule has 0 aromatic carbocycles. The number of nitrogen functional groups attached to an aromatic ring is 1. The highest BCUT2D eigenvalue weighted by Gasteiger charge is 2.14. The molecule has 15 heavy (non-hydrogen) atoms. The van der Waals surface area contributed by atoms with Crippen molar-refractivity contribution in [2.24, 2.45) is 0 Å². The molecule has 2 aromatic heterocycles. The molecule has 0 saturated carbocycles. The van der Waals surface area contributed by atoms with E-state index in [0.29, 0.717) is 5.56 Å². The lowest BCUT2D eigenvalue weighted by molar-refractivity contribution is -0.384. The van der Waals surface area contributed by atoms with Crippen molar-refractivity contribution >= 4 is 22.8 Å². The summed E-state index contributed by atoms with van der Waals surface area (Å²) in [5, 5.41) is 12.5. The first-order chi connectivity index (χ1) is 7.18. The number of nitrogens with zero attached hydrogens (tertiary/aromatic N) is 2. The van der Waals surface area contributed by atoms with Crippen LogP contribution in [0.1, 0.15) is 0 Å². The maximum atomic E-state index is 10.6. The van der Waals surface area contributed by atoms with Gasteiger partial charge in [-0.1, -0.05) is 6.07 Å². The molecule has 2 heterocycles. The fourth-order valence-electron chi connectivity index (χ4n) is 1.19. The molecule has 6 heteroatoms. The Kier molecular flexibility index (Phi) is 2.34. The highest BCUT2D eigenvalue weighted by Crippen LogP contribution is 2.29. The Bertz CT molecular complexity index is 496. The van der Waals surface area contributed by atoms with E-state index in [9.17, 15) is 10.1 Å². The Hall–Kier alpha value is -1.95. The predicted molar refractivity (Wildman–Crippen MR) is 58.6 cm³/mol. The third-order valence-electron chi connectivity index (χ3n) is 1.90. The second-order valence-corrected chi connectivity index (χ2v) is 3.81. The first-order valence-corrected chi connectivity index (χ1v) is 5.00. The summed E-state index contributed by atoms with van der Waals surface area (Å²) < 4.78 is 0. The maximum absolute atomic E-state index is 10.6. The van der Waals surface area contributed by atoms with Gasteiger partial charge in [-0.25, -0.2) is 4.98 Å². The van der Waals surface area contributed by atoms with Crippen molar-refractivity contribution in [3.05, 3.63) is 39.9 Å². The van der Waals surface area contributed by atoms with E-state index in [1.54, 1.807) is 0 Å². The fraction of sp³-hybridized carbons (Fsp3) is 0. The zero-order chi connectivity index (χ0) is 10.8. The van der Waals surface area contributed by atoms with Crippen molar-refractivity contribution in [2.75, 3.05) is 5.73 Å². The van der Waals surface area contributed by atoms with E-state index in [4.69, 9.17) is 5.73 Å². The van der Waals surface area contributed by atoms with Crippen LogP contribution in [0.3, 0.4) is 0 Å². The lowest BCUT2D eigenvalue weighted by Gasteiger charge is -1.99. The number of nitrogens with two attached hydrogens (primary N) is 1. The summed E-state index contributed by atoms with van der Waals surface area (Å²) in [4.78, 5) is 14.8. The molecular formula is C9H7N3O2S. The monoisotopic (exact) mass is 221 g/mol. The topological polar surface area (TPSA) is 82.0 Å². The first-order valence-electron chi connectivity index (χ1n) is 4.12. The van der Waals surface area contributed by atoms with Gasteiger partial charge in [0.2, 0.25) is 5.82 Å². The van der Waals surface area contributed by atoms with E-state index in [1.807, 2.05) is 17.5 Å². The molecule has 0 radical (unpaired) electrons. The van der Waals surface area contributed by atoms with Crippen LogP contribution >= 0.6 is 11.3 Å². The van der Waals surface area contributed by atoms with Crippen molar-refractivity contribution in [1.29, 1.82) is 0 Å². The lowest BCUT2D eigenvalue weighted by Crippen LogP contribution is -1.98. The van der Waals surface area contributed by atoms with Crippen LogP contribution < -0.4 is 5.73 Å². The average molecular weight is 221 g/mol. The van der Waals surface area contributed by atoms with Gasteiger partial charge in [-0.05, 0) is 11.4 Å². The van der Waals surface area contributed by atoms with Gasteiger partial charge in [-0.3, -0.25) is 10.1 Å². The zero-order valence-electron chi connectivity index (χ0n) is 7.58. The molecule has 2 aromatic rings. The smallest absolute Gasteiger partial charge is 0.311 e. The van der Waals surface area contributed by atoms with E-state index in [-0.39, 0.29) is 11.5 Å². The van der Waals surface area contributed by atoms with Crippen molar-refractivity contribution in [3.63, 3.8) is 0 Å². The molecule has 0 fully saturated rings. The minimum Gasteiger partial charge on any atom is -0.378 e. The van der Waals surface area contributed by atoms with E-state index < -0.39 is 4.92 Å². The van der Waals surface area contributed by atoms with Crippen LogP contribution in [0.2, 0.25) is 0 Å². The van der Waals surface area contributed by atoms with Gasteiger partial charge in [-0.2, -0.15) is 0 Å². The van der Waals surface area contributed by atoms with E-state index in [0.717, 1.165) is 4.88 Å². The predicted octanol–water partition coefficient (Wildman–Crippen LogP) is 2.30. The van der Waals surface area contributed by atoms with Gasteiger partial charge < -0.3 is 5.73 Å². The van der Waals surface area contributed by atoms with Crippen LogP contribution in [-0.4, -0.2) is 9.91 Å². The Morgan fingerprint density at radius 1 is 1.53 bits per heavy atom. The summed E-state index contributed by atoms with van der Waals surface area (Å²) >= 11 is 1.50. The number of pyridine rings is 1. The lowest BCUT2D eigenvalue weighted by atomic mass is 10.2. The molecule has 0 unspecified atom stereocenters. The minimum atomic E-state index is -0.528. The molecule has 0 atom stereocenters. The summed E-state index contributed by atoms with van der Waals surface area (Å²) in [5.74, 6) is -0.0553. The Labute approximate surface area is 89.3 Å². The summed E-state index contributed by atoms with van der Waals surface area (Å²) in [6.07, 6.45) is 1.54. The average Bonchev–Trinajstić information content (AvgIpc) is 2.71. The van der Waals surface area contributed by atoms with E-state index in [2.05, 4.69) is 4.98 Å². The van der Waals surface area contributed by atoms with Gasteiger partial charge in [0, 0.05) is 22.7 Å². The Morgan fingerprint density at radius 2 is 2.33 bits per heavy atom. The molecule has 5 nitrogen and oxygen atoms in total. The van der Waals surface area contributed by atoms with Gasteiger partial charge in [0.05, 0.1) is 4.92 Å². The van der Waals surface area contributed by atoms with Crippen LogP contribution in [0.4, 0.5) is 11.5 Å². The van der Waals surface area contributed by atoms with Crippen molar-refractivity contribution in [2.45, 2.75) is 0 Å². The normalized spacial score (nSPS) is 10.1. The number of aromatic nitrogens is 1. The minimum absolute atomic E-state index is 0.0553. The SMILES string of the molecule is Nc1ncc(-c2cccs2)cc1[N+](=O)[O-]. The standard InChI is InChI=1S/C9H7N3O2S/c10-9-7(12(13)14)4-6(5-11-9)8-2-1-3-15-8/h1-5H,(H2,10,11). The van der Waals surface area contributed by atoms with Crippen LogP contribution in [0.5, 0.6) is 0 Å². The summed E-state index contributed by atoms with van der Waals surface area (Å²) in [6, 6.07) is 5.19. The number of thiophene rings is 1. The van der Waals surface area contributed by atoms with E-state index >= 15 is 0 Å². The van der Waals surface area contributed by atoms with Crippen LogP contribution in [0.25, 0.3) is 10.4 Å². The molecule has 0 aliphatic rings. The van der Waals surface area contributed by atoms with Gasteiger partial charge in [-0.15, -0.1) is 11.3 Å². The molecule has 0 saturated heterocycles. The van der Waals surface area contributed by atoms with E-state index in [1.165, 1.54) is 23.6 Å². The van der Waals surface area contributed by atoms with Crippen LogP contribution in [0, 0.1) is 10.1 Å². The number of rotatable bonds is 2. The molecule has 0 aliphatic carbocycles. The molecule has 0 amide bonds. The summed E-state index contributed by atoms with van der Waals surface area (Å²) in [6.45, 7) is 0. The van der Waals surface area contributed by atoms with Gasteiger partial charge >= 0.3 is 5.69 Å². The Balaban J connectivity index is 2.52. The van der Waals surface area contributed by atoms with Crippen LogP contribution in [-0.2, 0) is 0 Å². The number of anilines is 1. The maximum Gasteiger partial charge on any atom is 0.311 e. The third kappa shape index (κ3) is 1.79. The van der Waals surface area contributed by atoms with Crippen molar-refractivity contribution in [3.8, 4) is 10.4 Å². The number of nitro groups is 1. The van der Waals surface area contributed by atoms with Gasteiger partial charge in [0.1, 0.15) is 0 Å². The van der Waals surface area contributed by atoms with Crippen molar-refractivity contribution in [1.82, 2.24) is 4.98 Å². The fourth-order valence-corrected chi connectivity index (χ4v) is 1.90. The second-order valence-electron chi connectivity index (χ2n) is 2.86. The molecular weight excluding hydrogens is 214 g/mol. The molecule has 0 aliphatic heterocycles.